The molecule has 96 valence electrons. The summed E-state index contributed by atoms with van der Waals surface area (Å²) >= 11 is 2.02. The second-order valence-electron chi connectivity index (χ2n) is 4.58. The third kappa shape index (κ3) is 2.56. The van der Waals surface area contributed by atoms with Gasteiger partial charge in [-0.25, -0.2) is 0 Å². The number of ether oxygens (including phenoxy) is 1. The molecule has 1 amide bonds. The van der Waals surface area contributed by atoms with Crippen LogP contribution in [-0.2, 0) is 4.79 Å². The molecule has 1 aromatic rings. The minimum Gasteiger partial charge on any atom is -0.482 e. The number of thioether (sulfide) groups is 1. The summed E-state index contributed by atoms with van der Waals surface area (Å²) in [5.74, 6) is 3.11. The number of nitrogens with one attached hydrogen (secondary N) is 2. The van der Waals surface area contributed by atoms with Gasteiger partial charge in [-0.15, -0.1) is 0 Å². The molecular formula is C13H16N2O2S. The Morgan fingerprint density at radius 2 is 2.17 bits per heavy atom. The molecule has 5 heteroatoms. The summed E-state index contributed by atoms with van der Waals surface area (Å²) < 4.78 is 5.34. The van der Waals surface area contributed by atoms with Gasteiger partial charge < -0.3 is 15.4 Å². The Morgan fingerprint density at radius 1 is 1.33 bits per heavy atom. The summed E-state index contributed by atoms with van der Waals surface area (Å²) in [6, 6.07) is 6.42. The van der Waals surface area contributed by atoms with Crippen molar-refractivity contribution in [3.63, 3.8) is 0 Å². The normalized spacial score (nSPS) is 19.7. The van der Waals surface area contributed by atoms with Crippen molar-refractivity contribution in [1.29, 1.82) is 0 Å². The van der Waals surface area contributed by atoms with Crippen LogP contribution in [-0.4, -0.2) is 30.1 Å². The molecule has 3 rings (SSSR count). The average Bonchev–Trinajstić information content (AvgIpc) is 2.39. The van der Waals surface area contributed by atoms with Crippen LogP contribution in [0.1, 0.15) is 12.8 Å². The van der Waals surface area contributed by atoms with Crippen LogP contribution in [0.2, 0.25) is 0 Å². The van der Waals surface area contributed by atoms with Crippen molar-refractivity contribution in [3.05, 3.63) is 18.2 Å². The summed E-state index contributed by atoms with van der Waals surface area (Å²) in [6.07, 6.45) is 2.40. The lowest BCUT2D eigenvalue weighted by atomic mass is 10.1. The lowest BCUT2D eigenvalue weighted by Gasteiger charge is -2.25. The van der Waals surface area contributed by atoms with Crippen LogP contribution in [0.4, 0.5) is 11.4 Å². The van der Waals surface area contributed by atoms with Gasteiger partial charge in [-0.1, -0.05) is 0 Å². The quantitative estimate of drug-likeness (QED) is 0.860. The van der Waals surface area contributed by atoms with E-state index in [4.69, 9.17) is 4.74 Å². The molecule has 2 aliphatic heterocycles. The fourth-order valence-corrected chi connectivity index (χ4v) is 3.36. The van der Waals surface area contributed by atoms with Crippen molar-refractivity contribution >= 4 is 29.0 Å². The highest BCUT2D eigenvalue weighted by Crippen LogP contribution is 2.31. The van der Waals surface area contributed by atoms with Crippen molar-refractivity contribution < 1.29 is 9.53 Å². The number of rotatable bonds is 2. The van der Waals surface area contributed by atoms with Gasteiger partial charge in [0.1, 0.15) is 5.75 Å². The van der Waals surface area contributed by atoms with E-state index < -0.39 is 0 Å². The van der Waals surface area contributed by atoms with Gasteiger partial charge in [-0.3, -0.25) is 4.79 Å². The Bertz CT molecular complexity index is 458. The smallest absolute Gasteiger partial charge is 0.262 e. The van der Waals surface area contributed by atoms with Gasteiger partial charge in [-0.2, -0.15) is 11.8 Å². The van der Waals surface area contributed by atoms with Crippen LogP contribution in [0, 0.1) is 0 Å². The molecule has 0 bridgehead atoms. The molecule has 4 nitrogen and oxygen atoms in total. The predicted molar refractivity (Wildman–Crippen MR) is 74.5 cm³/mol. The summed E-state index contributed by atoms with van der Waals surface area (Å²) in [4.78, 5) is 11.3. The Morgan fingerprint density at radius 3 is 3.00 bits per heavy atom. The number of hydrogen-bond donors (Lipinski definition) is 2. The Hall–Kier alpha value is -1.36. The molecule has 0 saturated carbocycles. The second-order valence-corrected chi connectivity index (χ2v) is 5.80. The molecule has 2 N–H and O–H groups in total. The first-order valence-electron chi connectivity index (χ1n) is 6.22. The van der Waals surface area contributed by atoms with Gasteiger partial charge in [0.25, 0.3) is 5.91 Å². The van der Waals surface area contributed by atoms with Crippen molar-refractivity contribution in [3.8, 4) is 5.75 Å². The molecule has 1 fully saturated rings. The van der Waals surface area contributed by atoms with Crippen LogP contribution < -0.4 is 15.4 Å². The van der Waals surface area contributed by atoms with Gasteiger partial charge in [0.2, 0.25) is 0 Å². The van der Waals surface area contributed by atoms with Crippen LogP contribution in [0.5, 0.6) is 5.75 Å². The molecule has 0 aliphatic carbocycles. The maximum absolute atomic E-state index is 11.3. The van der Waals surface area contributed by atoms with E-state index >= 15 is 0 Å². The highest BCUT2D eigenvalue weighted by Gasteiger charge is 2.17. The lowest BCUT2D eigenvalue weighted by Crippen LogP contribution is -2.26. The van der Waals surface area contributed by atoms with Gasteiger partial charge in [0.15, 0.2) is 6.61 Å². The summed E-state index contributed by atoms with van der Waals surface area (Å²) in [5, 5.41) is 6.36. The van der Waals surface area contributed by atoms with Crippen molar-refractivity contribution in [1.82, 2.24) is 0 Å². The summed E-state index contributed by atoms with van der Waals surface area (Å²) in [5.41, 5.74) is 1.82. The van der Waals surface area contributed by atoms with Crippen molar-refractivity contribution in [2.24, 2.45) is 0 Å². The number of anilines is 2. The Balaban J connectivity index is 1.73. The second kappa shape index (κ2) is 5.10. The number of amides is 1. The van der Waals surface area contributed by atoms with Crippen molar-refractivity contribution in [2.75, 3.05) is 28.7 Å². The minimum atomic E-state index is -0.0892. The van der Waals surface area contributed by atoms with E-state index in [1.807, 2.05) is 30.0 Å². The molecule has 1 saturated heterocycles. The van der Waals surface area contributed by atoms with Crippen LogP contribution >= 0.6 is 11.8 Å². The topological polar surface area (TPSA) is 50.4 Å². The molecule has 0 radical (unpaired) electrons. The van der Waals surface area contributed by atoms with E-state index in [1.165, 1.54) is 24.3 Å². The summed E-state index contributed by atoms with van der Waals surface area (Å²) in [7, 11) is 0. The van der Waals surface area contributed by atoms with E-state index in [-0.39, 0.29) is 12.5 Å². The van der Waals surface area contributed by atoms with E-state index in [0.717, 1.165) is 17.1 Å². The maximum atomic E-state index is 11.3. The molecule has 2 aliphatic rings. The molecule has 18 heavy (non-hydrogen) atoms. The van der Waals surface area contributed by atoms with E-state index in [0.29, 0.717) is 6.04 Å². The van der Waals surface area contributed by atoms with Gasteiger partial charge in [-0.05, 0) is 42.5 Å². The third-order valence-electron chi connectivity index (χ3n) is 3.20. The highest BCUT2D eigenvalue weighted by atomic mass is 32.2. The molecule has 0 spiro atoms. The predicted octanol–water partition coefficient (Wildman–Crippen LogP) is 2.32. The standard InChI is InChI=1S/C13H16N2O2S/c16-13-8-17-12-2-1-10(7-11(12)15-13)14-9-3-5-18-6-4-9/h1-2,7,9,14H,3-6,8H2,(H,15,16). The zero-order valence-electron chi connectivity index (χ0n) is 10.1. The monoisotopic (exact) mass is 264 g/mol. The van der Waals surface area contributed by atoms with Crippen LogP contribution in [0.3, 0.4) is 0 Å². The Kier molecular flexibility index (Phi) is 3.32. The highest BCUT2D eigenvalue weighted by molar-refractivity contribution is 7.99. The molecule has 1 aromatic carbocycles. The number of fused-ring (bicyclic) bond motifs is 1. The molecule has 0 aromatic heterocycles. The first-order valence-corrected chi connectivity index (χ1v) is 7.38. The zero-order valence-corrected chi connectivity index (χ0v) is 10.9. The largest absolute Gasteiger partial charge is 0.482 e. The van der Waals surface area contributed by atoms with Gasteiger partial charge >= 0.3 is 0 Å². The Labute approximate surface area is 110 Å². The summed E-state index contributed by atoms with van der Waals surface area (Å²) in [6.45, 7) is 0.111. The van der Waals surface area contributed by atoms with Crippen LogP contribution in [0.25, 0.3) is 0 Å². The van der Waals surface area contributed by atoms with Crippen molar-refractivity contribution in [2.45, 2.75) is 18.9 Å². The molecular weight excluding hydrogens is 248 g/mol. The van der Waals surface area contributed by atoms with Crippen LogP contribution in [0.15, 0.2) is 18.2 Å². The fourth-order valence-electron chi connectivity index (χ4n) is 2.25. The first kappa shape index (κ1) is 11.7. The number of carbonyl (C=O) groups excluding carboxylic acids is 1. The van der Waals surface area contributed by atoms with E-state index in [2.05, 4.69) is 10.6 Å². The van der Waals surface area contributed by atoms with E-state index in [1.54, 1.807) is 0 Å². The SMILES string of the molecule is O=C1COc2ccc(NC3CCSCC3)cc2N1. The fraction of sp³-hybridized carbons (Fsp3) is 0.462. The molecule has 0 atom stereocenters. The van der Waals surface area contributed by atoms with E-state index in [9.17, 15) is 4.79 Å². The zero-order chi connectivity index (χ0) is 12.4. The van der Waals surface area contributed by atoms with Gasteiger partial charge in [0, 0.05) is 11.7 Å². The number of hydrogen-bond acceptors (Lipinski definition) is 4. The lowest BCUT2D eigenvalue weighted by molar-refractivity contribution is -0.118. The van der Waals surface area contributed by atoms with Gasteiger partial charge in [0.05, 0.1) is 5.69 Å². The maximum Gasteiger partial charge on any atom is 0.262 e. The third-order valence-corrected chi connectivity index (χ3v) is 4.25. The number of carbonyl (C=O) groups is 1. The molecule has 2 heterocycles. The minimum absolute atomic E-state index is 0.0892. The first-order chi connectivity index (χ1) is 8.81. The average molecular weight is 264 g/mol. The molecule has 0 unspecified atom stereocenters. The number of benzene rings is 1.